The Morgan fingerprint density at radius 1 is 1.20 bits per heavy atom. The van der Waals surface area contributed by atoms with E-state index in [9.17, 15) is 9.59 Å². The van der Waals surface area contributed by atoms with Crippen molar-refractivity contribution in [3.05, 3.63) is 70.3 Å². The Bertz CT molecular complexity index is 940. The first kappa shape index (κ1) is 16.3. The molecule has 0 spiro atoms. The minimum absolute atomic E-state index is 0.204. The zero-order valence-electron chi connectivity index (χ0n) is 13.4. The number of amides is 1. The summed E-state index contributed by atoms with van der Waals surface area (Å²) in [6.45, 7) is 0.235. The molecule has 3 rings (SSSR count). The summed E-state index contributed by atoms with van der Waals surface area (Å²) in [6.07, 6.45) is 1.57. The van der Waals surface area contributed by atoms with Gasteiger partial charge in [0, 0.05) is 12.7 Å². The molecular formula is C17H15N5O3. The van der Waals surface area contributed by atoms with E-state index < -0.39 is 11.5 Å². The van der Waals surface area contributed by atoms with E-state index in [0.717, 1.165) is 5.56 Å². The van der Waals surface area contributed by atoms with Crippen molar-refractivity contribution >= 4 is 5.91 Å². The molecule has 0 aliphatic rings. The molecule has 126 valence electrons. The first-order chi connectivity index (χ1) is 12.2. The Morgan fingerprint density at radius 2 is 2.08 bits per heavy atom. The maximum atomic E-state index is 12.2. The van der Waals surface area contributed by atoms with E-state index >= 15 is 0 Å². The van der Waals surface area contributed by atoms with Crippen LogP contribution in [-0.2, 0) is 6.54 Å². The van der Waals surface area contributed by atoms with Gasteiger partial charge in [-0.1, -0.05) is 18.2 Å². The highest BCUT2D eigenvalue weighted by atomic mass is 16.5. The minimum atomic E-state index is -0.626. The predicted molar refractivity (Wildman–Crippen MR) is 90.0 cm³/mol. The lowest BCUT2D eigenvalue weighted by atomic mass is 10.2. The molecule has 0 aliphatic carbocycles. The molecular weight excluding hydrogens is 322 g/mol. The first-order valence-electron chi connectivity index (χ1n) is 7.47. The number of aromatic nitrogens is 4. The predicted octanol–water partition coefficient (Wildman–Crippen LogP) is 1.17. The van der Waals surface area contributed by atoms with Crippen molar-refractivity contribution in [1.82, 2.24) is 25.5 Å². The van der Waals surface area contributed by atoms with Crippen LogP contribution < -0.4 is 15.6 Å². The molecule has 25 heavy (non-hydrogen) atoms. The number of carbonyl (C=O) groups excluding carboxylic acids is 1. The van der Waals surface area contributed by atoms with Crippen LogP contribution in [0, 0.1) is 0 Å². The van der Waals surface area contributed by atoms with Crippen molar-refractivity contribution in [2.45, 2.75) is 6.54 Å². The Morgan fingerprint density at radius 3 is 2.80 bits per heavy atom. The van der Waals surface area contributed by atoms with Crippen LogP contribution in [0.4, 0.5) is 0 Å². The van der Waals surface area contributed by atoms with E-state index in [1.807, 2.05) is 12.1 Å². The summed E-state index contributed by atoms with van der Waals surface area (Å²) in [7, 11) is 1.57. The van der Waals surface area contributed by atoms with Gasteiger partial charge < -0.3 is 15.0 Å². The standard InChI is InChI=1S/C17H15N5O3/c1-25-12-6-4-5-11(9-12)10-19-16(23)14-17(24)20-15(22-21-14)13-7-2-3-8-18-13/h2-9H,10H2,1H3,(H,19,23)(H,20,22,24). The number of carbonyl (C=O) groups is 1. The van der Waals surface area contributed by atoms with Gasteiger partial charge in [-0.15, -0.1) is 10.2 Å². The summed E-state index contributed by atoms with van der Waals surface area (Å²) in [5, 5.41) is 10.2. The molecule has 1 aromatic carbocycles. The molecule has 3 aromatic rings. The highest BCUT2D eigenvalue weighted by Gasteiger charge is 2.14. The quantitative estimate of drug-likeness (QED) is 0.723. The third-order valence-corrected chi connectivity index (χ3v) is 3.41. The summed E-state index contributed by atoms with van der Waals surface area (Å²) < 4.78 is 5.12. The van der Waals surface area contributed by atoms with Crippen LogP contribution in [0.2, 0.25) is 0 Å². The number of benzene rings is 1. The fourth-order valence-electron chi connectivity index (χ4n) is 2.15. The molecule has 8 nitrogen and oxygen atoms in total. The SMILES string of the molecule is COc1cccc(CNC(=O)c2nnc(-c3ccccn3)[nH]c2=O)c1. The van der Waals surface area contributed by atoms with Gasteiger partial charge >= 0.3 is 0 Å². The van der Waals surface area contributed by atoms with E-state index in [4.69, 9.17) is 4.74 Å². The number of hydrogen-bond donors (Lipinski definition) is 2. The second-order valence-electron chi connectivity index (χ2n) is 5.10. The highest BCUT2D eigenvalue weighted by molar-refractivity contribution is 5.91. The molecule has 0 fully saturated rings. The van der Waals surface area contributed by atoms with Gasteiger partial charge in [-0.3, -0.25) is 14.6 Å². The van der Waals surface area contributed by atoms with E-state index in [2.05, 4.69) is 25.5 Å². The third kappa shape index (κ3) is 3.86. The topological polar surface area (TPSA) is 110 Å². The van der Waals surface area contributed by atoms with Crippen molar-refractivity contribution in [2.24, 2.45) is 0 Å². The second-order valence-corrected chi connectivity index (χ2v) is 5.10. The Labute approximate surface area is 142 Å². The third-order valence-electron chi connectivity index (χ3n) is 3.41. The lowest BCUT2D eigenvalue weighted by molar-refractivity contribution is 0.0943. The van der Waals surface area contributed by atoms with Crippen LogP contribution in [0.15, 0.2) is 53.5 Å². The van der Waals surface area contributed by atoms with Gasteiger partial charge in [0.15, 0.2) is 5.82 Å². The number of H-pyrrole nitrogens is 1. The lowest BCUT2D eigenvalue weighted by Gasteiger charge is -2.06. The normalized spacial score (nSPS) is 10.3. The first-order valence-corrected chi connectivity index (χ1v) is 7.47. The molecule has 2 N–H and O–H groups in total. The fourth-order valence-corrected chi connectivity index (χ4v) is 2.15. The molecule has 0 radical (unpaired) electrons. The van der Waals surface area contributed by atoms with Gasteiger partial charge in [-0.05, 0) is 29.8 Å². The smallest absolute Gasteiger partial charge is 0.283 e. The summed E-state index contributed by atoms with van der Waals surface area (Å²) >= 11 is 0. The molecule has 1 amide bonds. The van der Waals surface area contributed by atoms with Crippen molar-refractivity contribution in [3.63, 3.8) is 0 Å². The minimum Gasteiger partial charge on any atom is -0.497 e. The molecule has 2 heterocycles. The molecule has 0 saturated carbocycles. The van der Waals surface area contributed by atoms with E-state index in [1.165, 1.54) is 0 Å². The van der Waals surface area contributed by atoms with Crippen molar-refractivity contribution < 1.29 is 9.53 Å². The average Bonchev–Trinajstić information content (AvgIpc) is 2.67. The molecule has 0 aliphatic heterocycles. The number of methoxy groups -OCH3 is 1. The van der Waals surface area contributed by atoms with Gasteiger partial charge in [0.1, 0.15) is 11.4 Å². The highest BCUT2D eigenvalue weighted by Crippen LogP contribution is 2.12. The Balaban J connectivity index is 1.73. The number of nitrogens with one attached hydrogen (secondary N) is 2. The number of pyridine rings is 1. The monoisotopic (exact) mass is 337 g/mol. The van der Waals surface area contributed by atoms with E-state index in [1.54, 1.807) is 43.6 Å². The van der Waals surface area contributed by atoms with Crippen LogP contribution >= 0.6 is 0 Å². The summed E-state index contributed by atoms with van der Waals surface area (Å²) in [5.74, 6) is 0.281. The van der Waals surface area contributed by atoms with Crippen molar-refractivity contribution in [1.29, 1.82) is 0 Å². The molecule has 0 bridgehead atoms. The largest absolute Gasteiger partial charge is 0.497 e. The van der Waals surface area contributed by atoms with Gasteiger partial charge in [0.25, 0.3) is 11.5 Å². The van der Waals surface area contributed by atoms with Gasteiger partial charge in [-0.25, -0.2) is 0 Å². The van der Waals surface area contributed by atoms with Gasteiger partial charge in [0.05, 0.1) is 7.11 Å². The number of rotatable bonds is 5. The number of nitrogens with zero attached hydrogens (tertiary/aromatic N) is 3. The summed E-state index contributed by atoms with van der Waals surface area (Å²) in [6, 6.07) is 12.4. The summed E-state index contributed by atoms with van der Waals surface area (Å²) in [5.41, 5.74) is 0.374. The molecule has 0 atom stereocenters. The lowest BCUT2D eigenvalue weighted by Crippen LogP contribution is -2.31. The zero-order chi connectivity index (χ0) is 17.6. The summed E-state index contributed by atoms with van der Waals surface area (Å²) in [4.78, 5) is 30.8. The Hall–Kier alpha value is -3.55. The van der Waals surface area contributed by atoms with Crippen molar-refractivity contribution in [2.75, 3.05) is 7.11 Å². The maximum absolute atomic E-state index is 12.2. The van der Waals surface area contributed by atoms with Crippen LogP contribution in [0.5, 0.6) is 5.75 Å². The molecule has 0 unspecified atom stereocenters. The van der Waals surface area contributed by atoms with Gasteiger partial charge in [0.2, 0.25) is 5.69 Å². The van der Waals surface area contributed by atoms with Crippen LogP contribution in [0.3, 0.4) is 0 Å². The van der Waals surface area contributed by atoms with Crippen LogP contribution in [0.1, 0.15) is 16.1 Å². The molecule has 8 heteroatoms. The van der Waals surface area contributed by atoms with E-state index in [-0.39, 0.29) is 18.1 Å². The van der Waals surface area contributed by atoms with Crippen LogP contribution in [0.25, 0.3) is 11.5 Å². The van der Waals surface area contributed by atoms with Crippen LogP contribution in [-0.4, -0.2) is 33.2 Å². The molecule has 2 aromatic heterocycles. The maximum Gasteiger partial charge on any atom is 0.283 e. The van der Waals surface area contributed by atoms with Gasteiger partial charge in [-0.2, -0.15) is 0 Å². The molecule has 0 saturated heterocycles. The fraction of sp³-hybridized carbons (Fsp3) is 0.118. The van der Waals surface area contributed by atoms with E-state index in [0.29, 0.717) is 11.4 Å². The number of ether oxygens (including phenoxy) is 1. The second kappa shape index (κ2) is 7.35. The number of aromatic amines is 1. The Kier molecular flexibility index (Phi) is 4.79. The zero-order valence-corrected chi connectivity index (χ0v) is 13.4. The van der Waals surface area contributed by atoms with Crippen molar-refractivity contribution in [3.8, 4) is 17.3 Å². The number of hydrogen-bond acceptors (Lipinski definition) is 6. The average molecular weight is 337 g/mol.